The molecule has 4 rings (SSSR count). The fourth-order valence-corrected chi connectivity index (χ4v) is 4.67. The molecule has 0 bridgehead atoms. The van der Waals surface area contributed by atoms with Crippen molar-refractivity contribution in [1.82, 2.24) is 20.1 Å². The molecule has 10 heteroatoms. The molecule has 1 heterocycles. The van der Waals surface area contributed by atoms with Crippen LogP contribution in [0.2, 0.25) is 15.1 Å². The van der Waals surface area contributed by atoms with Crippen molar-refractivity contribution < 1.29 is 9.53 Å². The van der Waals surface area contributed by atoms with Gasteiger partial charge in [0.05, 0.1) is 17.3 Å². The Morgan fingerprint density at radius 3 is 2.54 bits per heavy atom. The number of rotatable bonds is 9. The highest BCUT2D eigenvalue weighted by molar-refractivity contribution is 7.98. The Bertz CT molecular complexity index is 1330. The van der Waals surface area contributed by atoms with Gasteiger partial charge >= 0.3 is 0 Å². The molecule has 0 fully saturated rings. The highest BCUT2D eigenvalue weighted by atomic mass is 35.5. The van der Waals surface area contributed by atoms with E-state index in [4.69, 9.17) is 39.5 Å². The van der Waals surface area contributed by atoms with Gasteiger partial charge in [-0.2, -0.15) is 0 Å². The highest BCUT2D eigenvalue weighted by Gasteiger charge is 2.18. The summed E-state index contributed by atoms with van der Waals surface area (Å²) in [6, 6.07) is 20.2. The lowest BCUT2D eigenvalue weighted by Crippen LogP contribution is -2.29. The third-order valence-corrected chi connectivity index (χ3v) is 6.73. The van der Waals surface area contributed by atoms with Gasteiger partial charge in [-0.25, -0.2) is 0 Å². The molecule has 4 aromatic rings. The largest absolute Gasteiger partial charge is 0.484 e. The highest BCUT2D eigenvalue weighted by Crippen LogP contribution is 2.31. The summed E-state index contributed by atoms with van der Waals surface area (Å²) < 4.78 is 7.32. The Morgan fingerprint density at radius 2 is 1.77 bits per heavy atom. The number of amides is 1. The van der Waals surface area contributed by atoms with Crippen LogP contribution in [0.3, 0.4) is 0 Å². The van der Waals surface area contributed by atoms with E-state index in [9.17, 15) is 4.79 Å². The molecule has 0 saturated heterocycles. The van der Waals surface area contributed by atoms with Crippen molar-refractivity contribution in [2.45, 2.75) is 24.4 Å². The lowest BCUT2D eigenvalue weighted by atomic mass is 10.2. The van der Waals surface area contributed by atoms with Gasteiger partial charge in [0.1, 0.15) is 5.75 Å². The number of hydrogen-bond donors (Lipinski definition) is 1. The van der Waals surface area contributed by atoms with Crippen LogP contribution in [-0.2, 0) is 17.1 Å². The zero-order chi connectivity index (χ0) is 24.8. The van der Waals surface area contributed by atoms with Crippen LogP contribution >= 0.6 is 46.6 Å². The van der Waals surface area contributed by atoms with Crippen LogP contribution in [0, 0.1) is 6.92 Å². The minimum absolute atomic E-state index is 0.129. The summed E-state index contributed by atoms with van der Waals surface area (Å²) in [6.45, 7) is 2.03. The van der Waals surface area contributed by atoms with E-state index < -0.39 is 0 Å². The van der Waals surface area contributed by atoms with E-state index >= 15 is 0 Å². The molecule has 0 aliphatic rings. The van der Waals surface area contributed by atoms with Crippen LogP contribution in [0.4, 0.5) is 0 Å². The molecule has 0 aliphatic carbocycles. The lowest BCUT2D eigenvalue weighted by molar-refractivity contribution is -0.123. The first kappa shape index (κ1) is 25.4. The lowest BCUT2D eigenvalue weighted by Gasteiger charge is -2.13. The number of aromatic nitrogens is 3. The number of aryl methyl sites for hydroxylation is 1. The van der Waals surface area contributed by atoms with Gasteiger partial charge in [0.15, 0.2) is 17.6 Å². The summed E-state index contributed by atoms with van der Waals surface area (Å²) in [5, 5.41) is 13.7. The zero-order valence-corrected chi connectivity index (χ0v) is 21.8. The number of benzene rings is 3. The Hall–Kier alpha value is -2.71. The van der Waals surface area contributed by atoms with Crippen molar-refractivity contribution in [3.8, 4) is 11.4 Å². The molecule has 0 atom stereocenters. The first-order valence-corrected chi connectivity index (χ1v) is 12.7. The number of carbonyl (C=O) groups excluding carboxylic acids is 1. The maximum atomic E-state index is 12.4. The van der Waals surface area contributed by atoms with Crippen molar-refractivity contribution in [2.75, 3.05) is 6.61 Å². The average Bonchev–Trinajstić information content (AvgIpc) is 3.25. The predicted molar refractivity (Wildman–Crippen MR) is 141 cm³/mol. The maximum absolute atomic E-state index is 12.4. The van der Waals surface area contributed by atoms with Gasteiger partial charge in [-0.3, -0.25) is 9.36 Å². The van der Waals surface area contributed by atoms with Crippen molar-refractivity contribution in [3.05, 3.63) is 98.7 Å². The molecular weight excluding hydrogens is 527 g/mol. The van der Waals surface area contributed by atoms with Crippen molar-refractivity contribution in [2.24, 2.45) is 0 Å². The number of nitrogens with zero attached hydrogens (tertiary/aromatic N) is 3. The third kappa shape index (κ3) is 6.92. The molecule has 1 amide bonds. The van der Waals surface area contributed by atoms with Crippen LogP contribution in [0.15, 0.2) is 71.9 Å². The zero-order valence-electron chi connectivity index (χ0n) is 18.7. The number of ether oxygens (including phenoxy) is 1. The second-order valence-corrected chi connectivity index (χ2v) is 9.85. The molecule has 0 unspecified atom stereocenters. The first-order valence-electron chi connectivity index (χ1n) is 10.6. The monoisotopic (exact) mass is 546 g/mol. The van der Waals surface area contributed by atoms with Gasteiger partial charge in [-0.15, -0.1) is 10.2 Å². The number of nitrogens with one attached hydrogen (secondary N) is 1. The van der Waals surface area contributed by atoms with Gasteiger partial charge in [0, 0.05) is 15.8 Å². The number of halogens is 3. The third-order valence-electron chi connectivity index (χ3n) is 4.93. The normalized spacial score (nSPS) is 10.9. The van der Waals surface area contributed by atoms with Crippen LogP contribution in [0.1, 0.15) is 17.0 Å². The summed E-state index contributed by atoms with van der Waals surface area (Å²) in [7, 11) is 0. The standard InChI is InChI=1S/C25H21Cl3N4O2S/c1-16-3-2-4-17(11-16)15-35-25-31-30-23(32(25)22-12-19(27)7-10-21(22)28)13-29-24(33)14-34-20-8-5-18(26)6-9-20/h2-12H,13-15H2,1H3,(H,29,33). The Kier molecular flexibility index (Phi) is 8.57. The molecule has 35 heavy (non-hydrogen) atoms. The molecule has 6 nitrogen and oxygen atoms in total. The molecule has 180 valence electrons. The van der Waals surface area contributed by atoms with Crippen molar-refractivity contribution in [3.63, 3.8) is 0 Å². The summed E-state index contributed by atoms with van der Waals surface area (Å²) in [6.07, 6.45) is 0. The number of thioether (sulfide) groups is 1. The van der Waals surface area contributed by atoms with Crippen LogP contribution in [-0.4, -0.2) is 27.3 Å². The molecule has 0 radical (unpaired) electrons. The Balaban J connectivity index is 1.50. The van der Waals surface area contributed by atoms with E-state index in [1.165, 1.54) is 17.3 Å². The second-order valence-electron chi connectivity index (χ2n) is 7.63. The SMILES string of the molecule is Cc1cccc(CSc2nnc(CNC(=O)COc3ccc(Cl)cc3)n2-c2cc(Cl)ccc2Cl)c1. The van der Waals surface area contributed by atoms with E-state index in [2.05, 4.69) is 40.6 Å². The molecule has 0 aliphatic heterocycles. The Labute approximate surface area is 222 Å². The smallest absolute Gasteiger partial charge is 0.258 e. The second kappa shape index (κ2) is 11.8. The molecule has 3 aromatic carbocycles. The summed E-state index contributed by atoms with van der Waals surface area (Å²) in [5.41, 5.74) is 2.99. The maximum Gasteiger partial charge on any atom is 0.258 e. The average molecular weight is 548 g/mol. The van der Waals surface area contributed by atoms with Crippen LogP contribution in [0.5, 0.6) is 5.75 Å². The van der Waals surface area contributed by atoms with Crippen LogP contribution < -0.4 is 10.1 Å². The quantitative estimate of drug-likeness (QED) is 0.242. The molecule has 0 saturated carbocycles. The van der Waals surface area contributed by atoms with Crippen molar-refractivity contribution in [1.29, 1.82) is 0 Å². The number of hydrogen-bond acceptors (Lipinski definition) is 5. The van der Waals surface area contributed by atoms with Crippen LogP contribution in [0.25, 0.3) is 5.69 Å². The molecule has 1 aromatic heterocycles. The molecular formula is C25H21Cl3N4O2S. The van der Waals surface area contributed by atoms with Gasteiger partial charge in [0.2, 0.25) is 0 Å². The number of carbonyl (C=O) groups is 1. The minimum atomic E-state index is -0.305. The fraction of sp³-hybridized carbons (Fsp3) is 0.160. The van der Waals surface area contributed by atoms with Gasteiger partial charge in [-0.1, -0.05) is 76.4 Å². The summed E-state index contributed by atoms with van der Waals surface area (Å²) >= 11 is 20.1. The predicted octanol–water partition coefficient (Wildman–Crippen LogP) is 6.52. The van der Waals surface area contributed by atoms with E-state index in [0.29, 0.717) is 43.2 Å². The van der Waals surface area contributed by atoms with E-state index in [0.717, 1.165) is 5.56 Å². The Morgan fingerprint density at radius 1 is 1.00 bits per heavy atom. The molecule has 0 spiro atoms. The minimum Gasteiger partial charge on any atom is -0.484 e. The van der Waals surface area contributed by atoms with E-state index in [1.54, 1.807) is 42.5 Å². The van der Waals surface area contributed by atoms with Gasteiger partial charge in [0.25, 0.3) is 5.91 Å². The summed E-state index contributed by atoms with van der Waals surface area (Å²) in [4.78, 5) is 12.4. The van der Waals surface area contributed by atoms with Crippen molar-refractivity contribution >= 4 is 52.5 Å². The first-order chi connectivity index (χ1) is 16.9. The summed E-state index contributed by atoms with van der Waals surface area (Å²) in [5.74, 6) is 1.45. The van der Waals surface area contributed by atoms with E-state index in [-0.39, 0.29) is 19.1 Å². The van der Waals surface area contributed by atoms with E-state index in [1.807, 2.05) is 10.6 Å². The van der Waals surface area contributed by atoms with Gasteiger partial charge in [-0.05, 0) is 55.0 Å². The fourth-order valence-electron chi connectivity index (χ4n) is 3.27. The molecule has 1 N–H and O–H groups in total. The van der Waals surface area contributed by atoms with Gasteiger partial charge < -0.3 is 10.1 Å². The topological polar surface area (TPSA) is 69.0 Å².